The Morgan fingerprint density at radius 3 is 2.89 bits per heavy atom. The standard InChI is InChI=1S/C13H19N3OS/c1-9-11(18-10(2)15-9)12(17)16-6-4-13(8-16)3-5-14-7-13/h14H,3-8H2,1-2H3. The van der Waals surface area contributed by atoms with Crippen molar-refractivity contribution in [1.82, 2.24) is 15.2 Å². The molecule has 1 aromatic rings. The molecular weight excluding hydrogens is 246 g/mol. The second kappa shape index (κ2) is 4.31. The normalized spacial score (nSPS) is 27.3. The maximum absolute atomic E-state index is 12.5. The molecule has 4 nitrogen and oxygen atoms in total. The number of hydrogen-bond donors (Lipinski definition) is 1. The Labute approximate surface area is 111 Å². The zero-order valence-corrected chi connectivity index (χ0v) is 11.8. The summed E-state index contributed by atoms with van der Waals surface area (Å²) in [5.41, 5.74) is 1.23. The average Bonchev–Trinajstić information content (AvgIpc) is 3.02. The van der Waals surface area contributed by atoms with Crippen molar-refractivity contribution in [2.24, 2.45) is 5.41 Å². The highest BCUT2D eigenvalue weighted by Crippen LogP contribution is 2.37. The van der Waals surface area contributed by atoms with Gasteiger partial charge in [0.05, 0.1) is 10.7 Å². The molecule has 1 unspecified atom stereocenters. The van der Waals surface area contributed by atoms with Gasteiger partial charge in [0.15, 0.2) is 0 Å². The van der Waals surface area contributed by atoms with Crippen LogP contribution in [0.15, 0.2) is 0 Å². The third kappa shape index (κ3) is 1.95. The van der Waals surface area contributed by atoms with Crippen molar-refractivity contribution in [1.29, 1.82) is 0 Å². The van der Waals surface area contributed by atoms with E-state index in [4.69, 9.17) is 0 Å². The molecule has 0 aliphatic carbocycles. The van der Waals surface area contributed by atoms with Gasteiger partial charge in [0.1, 0.15) is 4.88 Å². The molecule has 0 bridgehead atoms. The lowest BCUT2D eigenvalue weighted by molar-refractivity contribution is 0.0779. The van der Waals surface area contributed by atoms with Crippen molar-refractivity contribution in [3.63, 3.8) is 0 Å². The van der Waals surface area contributed by atoms with E-state index < -0.39 is 0 Å². The van der Waals surface area contributed by atoms with Crippen LogP contribution in [-0.2, 0) is 0 Å². The number of amides is 1. The van der Waals surface area contributed by atoms with E-state index in [0.717, 1.165) is 48.2 Å². The average molecular weight is 265 g/mol. The molecule has 98 valence electrons. The summed E-state index contributed by atoms with van der Waals surface area (Å²) in [6, 6.07) is 0. The molecule has 0 saturated carbocycles. The maximum Gasteiger partial charge on any atom is 0.265 e. The van der Waals surface area contributed by atoms with Crippen LogP contribution in [0.1, 0.15) is 33.2 Å². The molecule has 1 spiro atoms. The zero-order valence-electron chi connectivity index (χ0n) is 11.0. The Kier molecular flexibility index (Phi) is 2.90. The first-order valence-electron chi connectivity index (χ1n) is 6.54. The summed E-state index contributed by atoms with van der Waals surface area (Å²) in [5, 5.41) is 4.40. The number of carbonyl (C=O) groups is 1. The van der Waals surface area contributed by atoms with E-state index in [1.807, 2.05) is 18.7 Å². The van der Waals surface area contributed by atoms with Gasteiger partial charge in [-0.3, -0.25) is 4.79 Å². The topological polar surface area (TPSA) is 45.2 Å². The summed E-state index contributed by atoms with van der Waals surface area (Å²) in [6.07, 6.45) is 2.35. The van der Waals surface area contributed by atoms with Crippen LogP contribution in [-0.4, -0.2) is 42.0 Å². The number of thiazole rings is 1. The number of hydrogen-bond acceptors (Lipinski definition) is 4. The number of aromatic nitrogens is 1. The highest BCUT2D eigenvalue weighted by molar-refractivity contribution is 7.13. The number of nitrogens with one attached hydrogen (secondary N) is 1. The van der Waals surface area contributed by atoms with Crippen molar-refractivity contribution in [2.75, 3.05) is 26.2 Å². The SMILES string of the molecule is Cc1nc(C)c(C(=O)N2CCC3(CCNC3)C2)s1. The van der Waals surface area contributed by atoms with Crippen molar-refractivity contribution < 1.29 is 4.79 Å². The highest BCUT2D eigenvalue weighted by Gasteiger charge is 2.42. The molecule has 2 saturated heterocycles. The monoisotopic (exact) mass is 265 g/mol. The van der Waals surface area contributed by atoms with E-state index in [1.165, 1.54) is 17.8 Å². The summed E-state index contributed by atoms with van der Waals surface area (Å²) < 4.78 is 0. The first kappa shape index (κ1) is 12.1. The van der Waals surface area contributed by atoms with E-state index in [2.05, 4.69) is 10.3 Å². The molecule has 0 radical (unpaired) electrons. The van der Waals surface area contributed by atoms with Crippen molar-refractivity contribution >= 4 is 17.2 Å². The van der Waals surface area contributed by atoms with Crippen LogP contribution >= 0.6 is 11.3 Å². The Morgan fingerprint density at radius 1 is 1.44 bits per heavy atom. The fourth-order valence-corrected chi connectivity index (χ4v) is 4.01. The van der Waals surface area contributed by atoms with Crippen LogP contribution in [0.5, 0.6) is 0 Å². The first-order valence-corrected chi connectivity index (χ1v) is 7.35. The van der Waals surface area contributed by atoms with E-state index >= 15 is 0 Å². The maximum atomic E-state index is 12.5. The van der Waals surface area contributed by atoms with Crippen molar-refractivity contribution in [3.05, 3.63) is 15.6 Å². The Bertz CT molecular complexity index is 477. The van der Waals surface area contributed by atoms with Gasteiger partial charge in [-0.25, -0.2) is 4.98 Å². The molecule has 1 amide bonds. The van der Waals surface area contributed by atoms with Crippen LogP contribution in [0, 0.1) is 19.3 Å². The van der Waals surface area contributed by atoms with Gasteiger partial charge in [0.2, 0.25) is 0 Å². The van der Waals surface area contributed by atoms with Crippen molar-refractivity contribution in [3.8, 4) is 0 Å². The second-order valence-corrected chi connectivity index (χ2v) is 6.75. The smallest absolute Gasteiger partial charge is 0.265 e. The minimum Gasteiger partial charge on any atom is -0.337 e. The van der Waals surface area contributed by atoms with Gasteiger partial charge in [-0.05, 0) is 33.2 Å². The van der Waals surface area contributed by atoms with Crippen LogP contribution in [0.3, 0.4) is 0 Å². The lowest BCUT2D eigenvalue weighted by Gasteiger charge is -2.22. The van der Waals surface area contributed by atoms with Gasteiger partial charge in [-0.2, -0.15) is 0 Å². The van der Waals surface area contributed by atoms with Gasteiger partial charge in [0, 0.05) is 25.0 Å². The molecule has 18 heavy (non-hydrogen) atoms. The van der Waals surface area contributed by atoms with Crippen LogP contribution in [0.25, 0.3) is 0 Å². The van der Waals surface area contributed by atoms with Gasteiger partial charge < -0.3 is 10.2 Å². The summed E-state index contributed by atoms with van der Waals surface area (Å²) in [7, 11) is 0. The fourth-order valence-electron chi connectivity index (χ4n) is 3.13. The minimum atomic E-state index is 0.182. The van der Waals surface area contributed by atoms with Crippen LogP contribution < -0.4 is 5.32 Å². The van der Waals surface area contributed by atoms with E-state index in [0.29, 0.717) is 5.41 Å². The molecule has 1 N–H and O–H groups in total. The van der Waals surface area contributed by atoms with Gasteiger partial charge in [-0.1, -0.05) is 0 Å². The second-order valence-electron chi connectivity index (χ2n) is 5.55. The molecule has 2 fully saturated rings. The third-order valence-electron chi connectivity index (χ3n) is 4.16. The summed E-state index contributed by atoms with van der Waals surface area (Å²) in [4.78, 5) is 19.7. The predicted molar refractivity (Wildman–Crippen MR) is 72.0 cm³/mol. The molecular formula is C13H19N3OS. The number of aryl methyl sites for hydroxylation is 2. The molecule has 1 atom stereocenters. The zero-order chi connectivity index (χ0) is 12.8. The molecule has 1 aromatic heterocycles. The molecule has 3 heterocycles. The van der Waals surface area contributed by atoms with Gasteiger partial charge >= 0.3 is 0 Å². The molecule has 5 heteroatoms. The van der Waals surface area contributed by atoms with E-state index in [-0.39, 0.29) is 5.91 Å². The predicted octanol–water partition coefficient (Wildman–Crippen LogP) is 1.59. The summed E-state index contributed by atoms with van der Waals surface area (Å²) in [5.74, 6) is 0.182. The number of nitrogens with zero attached hydrogens (tertiary/aromatic N) is 2. The minimum absolute atomic E-state index is 0.182. The first-order chi connectivity index (χ1) is 8.60. The highest BCUT2D eigenvalue weighted by atomic mass is 32.1. The lowest BCUT2D eigenvalue weighted by atomic mass is 9.87. The fraction of sp³-hybridized carbons (Fsp3) is 0.692. The van der Waals surface area contributed by atoms with Crippen LogP contribution in [0.2, 0.25) is 0 Å². The van der Waals surface area contributed by atoms with Crippen LogP contribution in [0.4, 0.5) is 0 Å². The molecule has 2 aliphatic rings. The van der Waals surface area contributed by atoms with Gasteiger partial charge in [-0.15, -0.1) is 11.3 Å². The summed E-state index contributed by atoms with van der Waals surface area (Å²) >= 11 is 1.52. The third-order valence-corrected chi connectivity index (χ3v) is 5.22. The number of likely N-dealkylation sites (tertiary alicyclic amines) is 1. The van der Waals surface area contributed by atoms with Crippen molar-refractivity contribution in [2.45, 2.75) is 26.7 Å². The Hall–Kier alpha value is -0.940. The quantitative estimate of drug-likeness (QED) is 0.838. The molecule has 2 aliphatic heterocycles. The number of rotatable bonds is 1. The summed E-state index contributed by atoms with van der Waals surface area (Å²) in [6.45, 7) is 7.87. The van der Waals surface area contributed by atoms with E-state index in [9.17, 15) is 4.79 Å². The van der Waals surface area contributed by atoms with Gasteiger partial charge in [0.25, 0.3) is 5.91 Å². The molecule has 3 rings (SSSR count). The Balaban J connectivity index is 1.76. The largest absolute Gasteiger partial charge is 0.337 e. The number of carbonyl (C=O) groups excluding carboxylic acids is 1. The lowest BCUT2D eigenvalue weighted by Crippen LogP contribution is -2.33. The molecule has 0 aromatic carbocycles. The Morgan fingerprint density at radius 2 is 2.28 bits per heavy atom. The van der Waals surface area contributed by atoms with E-state index in [1.54, 1.807) is 0 Å².